The summed E-state index contributed by atoms with van der Waals surface area (Å²) in [7, 11) is 0. The Balaban J connectivity index is 2.12. The van der Waals surface area contributed by atoms with Gasteiger partial charge in [0, 0.05) is 17.8 Å². The van der Waals surface area contributed by atoms with Crippen molar-refractivity contribution >= 4 is 11.0 Å². The van der Waals surface area contributed by atoms with E-state index >= 15 is 0 Å². The molecule has 2 nitrogen and oxygen atoms in total. The highest BCUT2D eigenvalue weighted by molar-refractivity contribution is 5.81. The van der Waals surface area contributed by atoms with Gasteiger partial charge in [0.15, 0.2) is 0 Å². The van der Waals surface area contributed by atoms with E-state index in [0.29, 0.717) is 0 Å². The Bertz CT molecular complexity index is 542. The summed E-state index contributed by atoms with van der Waals surface area (Å²) in [5, 5.41) is 1.34. The third-order valence-electron chi connectivity index (χ3n) is 3.97. The van der Waals surface area contributed by atoms with Crippen molar-refractivity contribution in [3.05, 3.63) is 29.6 Å². The minimum Gasteiger partial charge on any atom is -0.346 e. The number of H-pyrrole nitrogens is 1. The second-order valence-electron chi connectivity index (χ2n) is 6.24. The molecule has 0 atom stereocenters. The Morgan fingerprint density at radius 3 is 2.65 bits per heavy atom. The summed E-state index contributed by atoms with van der Waals surface area (Å²) < 4.78 is 0. The fraction of sp³-hybridized carbons (Fsp3) is 0.533. The Hall–Kier alpha value is -1.31. The third-order valence-corrected chi connectivity index (χ3v) is 3.97. The maximum Gasteiger partial charge on any atom is 0.137 e. The van der Waals surface area contributed by atoms with Gasteiger partial charge in [0.25, 0.3) is 0 Å². The van der Waals surface area contributed by atoms with Crippen molar-refractivity contribution in [2.45, 2.75) is 51.4 Å². The SMILES string of the molecule is CC(C)(C)c1cnc2[nH]cc(C3CCC3)c2c1. The maximum absolute atomic E-state index is 4.55. The number of nitrogens with one attached hydrogen (secondary N) is 1. The number of hydrogen-bond acceptors (Lipinski definition) is 1. The molecule has 0 saturated heterocycles. The molecule has 1 saturated carbocycles. The van der Waals surface area contributed by atoms with Crippen molar-refractivity contribution < 1.29 is 0 Å². The van der Waals surface area contributed by atoms with E-state index < -0.39 is 0 Å². The molecule has 0 aliphatic heterocycles. The highest BCUT2D eigenvalue weighted by Gasteiger charge is 2.23. The Labute approximate surface area is 102 Å². The van der Waals surface area contributed by atoms with Gasteiger partial charge < -0.3 is 4.98 Å². The van der Waals surface area contributed by atoms with Gasteiger partial charge in [0.2, 0.25) is 0 Å². The van der Waals surface area contributed by atoms with E-state index in [9.17, 15) is 0 Å². The smallest absolute Gasteiger partial charge is 0.137 e. The first-order valence-corrected chi connectivity index (χ1v) is 6.53. The van der Waals surface area contributed by atoms with Crippen LogP contribution in [0, 0.1) is 0 Å². The van der Waals surface area contributed by atoms with E-state index in [-0.39, 0.29) is 5.41 Å². The third kappa shape index (κ3) is 1.76. The van der Waals surface area contributed by atoms with Crippen molar-refractivity contribution in [2.75, 3.05) is 0 Å². The standard InChI is InChI=1S/C15H20N2/c1-15(2,3)11-7-12-13(10-5-4-6-10)9-17-14(12)16-8-11/h7-10H,4-6H2,1-3H3,(H,16,17). The average Bonchev–Trinajstić information content (AvgIpc) is 2.57. The lowest BCUT2D eigenvalue weighted by Gasteiger charge is -2.25. The van der Waals surface area contributed by atoms with Gasteiger partial charge >= 0.3 is 0 Å². The van der Waals surface area contributed by atoms with Crippen LogP contribution in [0.1, 0.15) is 57.1 Å². The molecule has 0 aromatic carbocycles. The molecular weight excluding hydrogens is 208 g/mol. The van der Waals surface area contributed by atoms with E-state index in [1.54, 1.807) is 0 Å². The topological polar surface area (TPSA) is 28.7 Å². The average molecular weight is 228 g/mol. The zero-order chi connectivity index (χ0) is 12.0. The van der Waals surface area contributed by atoms with Crippen molar-refractivity contribution in [2.24, 2.45) is 0 Å². The minimum atomic E-state index is 0.176. The number of nitrogens with zero attached hydrogens (tertiary/aromatic N) is 1. The van der Waals surface area contributed by atoms with Crippen LogP contribution < -0.4 is 0 Å². The molecule has 2 aromatic heterocycles. The van der Waals surface area contributed by atoms with Crippen molar-refractivity contribution in [3.63, 3.8) is 0 Å². The number of rotatable bonds is 1. The van der Waals surface area contributed by atoms with Crippen LogP contribution in [-0.4, -0.2) is 9.97 Å². The van der Waals surface area contributed by atoms with E-state index in [2.05, 4.69) is 43.0 Å². The van der Waals surface area contributed by atoms with Crippen molar-refractivity contribution in [3.8, 4) is 0 Å². The van der Waals surface area contributed by atoms with Crippen LogP contribution in [0.4, 0.5) is 0 Å². The monoisotopic (exact) mass is 228 g/mol. The number of aromatic amines is 1. The lowest BCUT2D eigenvalue weighted by molar-refractivity contribution is 0.422. The lowest BCUT2D eigenvalue weighted by atomic mass is 9.79. The molecule has 17 heavy (non-hydrogen) atoms. The first-order valence-electron chi connectivity index (χ1n) is 6.53. The zero-order valence-electron chi connectivity index (χ0n) is 10.9. The lowest BCUT2D eigenvalue weighted by Crippen LogP contribution is -2.12. The summed E-state index contributed by atoms with van der Waals surface area (Å²) in [5.41, 5.74) is 4.02. The van der Waals surface area contributed by atoms with Crippen LogP contribution in [0.5, 0.6) is 0 Å². The summed E-state index contributed by atoms with van der Waals surface area (Å²) >= 11 is 0. The summed E-state index contributed by atoms with van der Waals surface area (Å²) in [6, 6.07) is 2.33. The number of fused-ring (bicyclic) bond motifs is 1. The van der Waals surface area contributed by atoms with E-state index in [1.165, 1.54) is 35.8 Å². The molecule has 1 N–H and O–H groups in total. The normalized spacial score (nSPS) is 17.4. The van der Waals surface area contributed by atoms with E-state index in [0.717, 1.165) is 11.6 Å². The molecular formula is C15H20N2. The Morgan fingerprint density at radius 2 is 2.06 bits per heavy atom. The van der Waals surface area contributed by atoms with E-state index in [1.807, 2.05) is 6.20 Å². The molecule has 1 aliphatic carbocycles. The van der Waals surface area contributed by atoms with Crippen LogP contribution in [0.3, 0.4) is 0 Å². The molecule has 90 valence electrons. The van der Waals surface area contributed by atoms with Gasteiger partial charge in [-0.15, -0.1) is 0 Å². The van der Waals surface area contributed by atoms with Gasteiger partial charge in [-0.1, -0.05) is 27.2 Å². The molecule has 0 unspecified atom stereocenters. The summed E-state index contributed by atoms with van der Waals surface area (Å²) in [6.45, 7) is 6.72. The molecule has 1 aliphatic rings. The Kier molecular flexibility index (Phi) is 2.29. The second kappa shape index (κ2) is 3.59. The molecule has 0 amide bonds. The fourth-order valence-electron chi connectivity index (χ4n) is 2.49. The maximum atomic E-state index is 4.55. The molecule has 2 heterocycles. The summed E-state index contributed by atoms with van der Waals surface area (Å²) in [5.74, 6) is 0.765. The van der Waals surface area contributed by atoms with Crippen LogP contribution in [-0.2, 0) is 5.41 Å². The van der Waals surface area contributed by atoms with Gasteiger partial charge in [0.1, 0.15) is 5.65 Å². The number of hydrogen-bond donors (Lipinski definition) is 1. The molecule has 3 rings (SSSR count). The summed E-state index contributed by atoms with van der Waals surface area (Å²) in [4.78, 5) is 7.86. The summed E-state index contributed by atoms with van der Waals surface area (Å²) in [6.07, 6.45) is 8.22. The molecule has 2 heteroatoms. The highest BCUT2D eigenvalue weighted by Crippen LogP contribution is 2.40. The van der Waals surface area contributed by atoms with Crippen LogP contribution in [0.2, 0.25) is 0 Å². The molecule has 0 spiro atoms. The van der Waals surface area contributed by atoms with Gasteiger partial charge in [-0.3, -0.25) is 0 Å². The van der Waals surface area contributed by atoms with Gasteiger partial charge in [-0.25, -0.2) is 4.98 Å². The predicted molar refractivity (Wildman–Crippen MR) is 71.4 cm³/mol. The van der Waals surface area contributed by atoms with Crippen molar-refractivity contribution in [1.82, 2.24) is 9.97 Å². The number of aromatic nitrogens is 2. The molecule has 2 aromatic rings. The first kappa shape index (κ1) is 10.8. The molecule has 0 radical (unpaired) electrons. The molecule has 1 fully saturated rings. The zero-order valence-corrected chi connectivity index (χ0v) is 10.9. The van der Waals surface area contributed by atoms with E-state index in [4.69, 9.17) is 0 Å². The minimum absolute atomic E-state index is 0.176. The van der Waals surface area contributed by atoms with Crippen LogP contribution in [0.15, 0.2) is 18.5 Å². The fourth-order valence-corrected chi connectivity index (χ4v) is 2.49. The predicted octanol–water partition coefficient (Wildman–Crippen LogP) is 4.13. The number of pyridine rings is 1. The largest absolute Gasteiger partial charge is 0.346 e. The van der Waals surface area contributed by atoms with Gasteiger partial charge in [-0.2, -0.15) is 0 Å². The molecule has 0 bridgehead atoms. The van der Waals surface area contributed by atoms with Gasteiger partial charge in [-0.05, 0) is 41.4 Å². The quantitative estimate of drug-likeness (QED) is 0.781. The first-order chi connectivity index (χ1) is 8.05. The second-order valence-corrected chi connectivity index (χ2v) is 6.24. The Morgan fingerprint density at radius 1 is 1.29 bits per heavy atom. The highest BCUT2D eigenvalue weighted by atomic mass is 14.8. The van der Waals surface area contributed by atoms with Crippen LogP contribution in [0.25, 0.3) is 11.0 Å². The van der Waals surface area contributed by atoms with Crippen LogP contribution >= 0.6 is 0 Å². The van der Waals surface area contributed by atoms with Gasteiger partial charge in [0.05, 0.1) is 0 Å². The van der Waals surface area contributed by atoms with Crippen molar-refractivity contribution in [1.29, 1.82) is 0 Å².